The van der Waals surface area contributed by atoms with Crippen LogP contribution in [0.25, 0.3) is 0 Å². The number of amides is 1. The number of carbonyl (C=O) groups excluding carboxylic acids is 1. The first-order valence-electron chi connectivity index (χ1n) is 8.97. The highest BCUT2D eigenvalue weighted by Gasteiger charge is 2.40. The Morgan fingerprint density at radius 1 is 1.22 bits per heavy atom. The van der Waals surface area contributed by atoms with Gasteiger partial charge in [-0.2, -0.15) is 0 Å². The van der Waals surface area contributed by atoms with Crippen LogP contribution < -0.4 is 9.47 Å². The van der Waals surface area contributed by atoms with Crippen LogP contribution in [0.1, 0.15) is 24.3 Å². The summed E-state index contributed by atoms with van der Waals surface area (Å²) in [6.45, 7) is 1.53. The Hall–Kier alpha value is -3.03. The maximum absolute atomic E-state index is 12.6. The van der Waals surface area contributed by atoms with Gasteiger partial charge in [-0.1, -0.05) is 6.07 Å². The number of ether oxygens (including phenoxy) is 2. The van der Waals surface area contributed by atoms with Crippen LogP contribution in [-0.4, -0.2) is 51.3 Å². The Balaban J connectivity index is 1.42. The summed E-state index contributed by atoms with van der Waals surface area (Å²) in [6, 6.07) is 5.49. The number of carboxylic acid groups (broad SMARTS) is 1. The molecule has 27 heavy (non-hydrogen) atoms. The predicted octanol–water partition coefficient (Wildman–Crippen LogP) is 1.72. The van der Waals surface area contributed by atoms with E-state index < -0.39 is 11.9 Å². The number of rotatable bonds is 6. The third-order valence-corrected chi connectivity index (χ3v) is 5.18. The van der Waals surface area contributed by atoms with Crippen LogP contribution in [0.2, 0.25) is 0 Å². The van der Waals surface area contributed by atoms with Gasteiger partial charge in [0.15, 0.2) is 11.5 Å². The normalized spacial score (nSPS) is 20.8. The summed E-state index contributed by atoms with van der Waals surface area (Å²) in [6.07, 6.45) is 6.36. The number of fused-ring (bicyclic) bond motifs is 1. The maximum atomic E-state index is 12.6. The second-order valence-corrected chi connectivity index (χ2v) is 6.87. The quantitative estimate of drug-likeness (QED) is 0.831. The van der Waals surface area contributed by atoms with E-state index in [-0.39, 0.29) is 25.2 Å². The van der Waals surface area contributed by atoms with E-state index >= 15 is 0 Å². The molecule has 0 aliphatic carbocycles. The van der Waals surface area contributed by atoms with Crippen molar-refractivity contribution in [3.05, 3.63) is 42.5 Å². The fourth-order valence-electron chi connectivity index (χ4n) is 3.73. The molecule has 8 heteroatoms. The maximum Gasteiger partial charge on any atom is 0.308 e. The standard InChI is InChI=1S/C19H21N3O5/c23-18(2-1-6-21-7-5-20-11-21)22-9-14(15(10-22)19(24)25)13-3-4-16-17(8-13)27-12-26-16/h3-5,7-8,11,14-15H,1-2,6,9-10,12H2,(H,24,25)/t14-,15+/m0/s1. The van der Waals surface area contributed by atoms with Crippen LogP contribution in [0.15, 0.2) is 36.9 Å². The van der Waals surface area contributed by atoms with Crippen LogP contribution in [0, 0.1) is 5.92 Å². The Bertz CT molecular complexity index is 836. The Morgan fingerprint density at radius 3 is 2.85 bits per heavy atom. The van der Waals surface area contributed by atoms with Crippen molar-refractivity contribution in [3.8, 4) is 11.5 Å². The van der Waals surface area contributed by atoms with Gasteiger partial charge in [-0.25, -0.2) is 4.98 Å². The molecule has 2 aliphatic rings. The lowest BCUT2D eigenvalue weighted by Gasteiger charge is -2.17. The van der Waals surface area contributed by atoms with Crippen molar-refractivity contribution in [2.24, 2.45) is 5.92 Å². The molecule has 2 atom stereocenters. The summed E-state index contributed by atoms with van der Waals surface area (Å²) in [7, 11) is 0. The number of carboxylic acids is 1. The van der Waals surface area contributed by atoms with Gasteiger partial charge in [0.05, 0.1) is 12.2 Å². The molecular formula is C19H21N3O5. The predicted molar refractivity (Wildman–Crippen MR) is 94.5 cm³/mol. The first-order chi connectivity index (χ1) is 13.1. The summed E-state index contributed by atoms with van der Waals surface area (Å²) in [5.74, 6) is -0.480. The van der Waals surface area contributed by atoms with E-state index in [1.807, 2.05) is 22.9 Å². The second kappa shape index (κ2) is 7.30. The molecule has 4 rings (SSSR count). The highest BCUT2D eigenvalue weighted by atomic mass is 16.7. The lowest BCUT2D eigenvalue weighted by atomic mass is 9.89. The summed E-state index contributed by atoms with van der Waals surface area (Å²) >= 11 is 0. The number of aryl methyl sites for hydroxylation is 1. The molecular weight excluding hydrogens is 350 g/mol. The molecule has 8 nitrogen and oxygen atoms in total. The molecule has 1 aromatic carbocycles. The van der Waals surface area contributed by atoms with E-state index in [0.29, 0.717) is 37.4 Å². The monoisotopic (exact) mass is 371 g/mol. The molecule has 1 saturated heterocycles. The van der Waals surface area contributed by atoms with Gasteiger partial charge in [-0.3, -0.25) is 9.59 Å². The van der Waals surface area contributed by atoms with Gasteiger partial charge >= 0.3 is 5.97 Å². The number of aromatic nitrogens is 2. The molecule has 0 saturated carbocycles. The van der Waals surface area contributed by atoms with Crippen molar-refractivity contribution >= 4 is 11.9 Å². The molecule has 142 valence electrons. The molecule has 1 amide bonds. The minimum Gasteiger partial charge on any atom is -0.481 e. The van der Waals surface area contributed by atoms with Gasteiger partial charge in [0.1, 0.15) is 0 Å². The molecule has 2 aliphatic heterocycles. The largest absolute Gasteiger partial charge is 0.481 e. The van der Waals surface area contributed by atoms with Gasteiger partial charge in [0.25, 0.3) is 0 Å². The van der Waals surface area contributed by atoms with Crippen LogP contribution in [0.4, 0.5) is 0 Å². The van der Waals surface area contributed by atoms with Crippen LogP contribution in [0.3, 0.4) is 0 Å². The van der Waals surface area contributed by atoms with Gasteiger partial charge in [-0.05, 0) is 24.1 Å². The Morgan fingerprint density at radius 2 is 2.07 bits per heavy atom. The number of likely N-dealkylation sites (tertiary alicyclic amines) is 1. The zero-order valence-corrected chi connectivity index (χ0v) is 14.8. The summed E-state index contributed by atoms with van der Waals surface area (Å²) in [5, 5.41) is 9.63. The third kappa shape index (κ3) is 3.60. The van der Waals surface area contributed by atoms with Crippen molar-refractivity contribution in [2.45, 2.75) is 25.3 Å². The smallest absolute Gasteiger partial charge is 0.308 e. The molecule has 0 unspecified atom stereocenters. The van der Waals surface area contributed by atoms with Crippen molar-refractivity contribution < 1.29 is 24.2 Å². The lowest BCUT2D eigenvalue weighted by molar-refractivity contribution is -0.141. The Labute approximate surface area is 156 Å². The number of nitrogens with zero attached hydrogens (tertiary/aromatic N) is 3. The molecule has 3 heterocycles. The van der Waals surface area contributed by atoms with E-state index in [1.54, 1.807) is 23.5 Å². The number of hydrogen-bond donors (Lipinski definition) is 1. The van der Waals surface area contributed by atoms with Crippen molar-refractivity contribution in [2.75, 3.05) is 19.9 Å². The van der Waals surface area contributed by atoms with E-state index in [4.69, 9.17) is 9.47 Å². The van der Waals surface area contributed by atoms with Crippen molar-refractivity contribution in [3.63, 3.8) is 0 Å². The number of carbonyl (C=O) groups is 2. The van der Waals surface area contributed by atoms with E-state index in [0.717, 1.165) is 5.56 Å². The first-order valence-corrected chi connectivity index (χ1v) is 8.97. The van der Waals surface area contributed by atoms with E-state index in [9.17, 15) is 14.7 Å². The number of imidazole rings is 1. The summed E-state index contributed by atoms with van der Waals surface area (Å²) in [4.78, 5) is 30.0. The molecule has 1 aromatic heterocycles. The topological polar surface area (TPSA) is 93.9 Å². The fraction of sp³-hybridized carbons (Fsp3) is 0.421. The Kier molecular flexibility index (Phi) is 4.70. The molecule has 0 bridgehead atoms. The minimum absolute atomic E-state index is 0.00962. The average molecular weight is 371 g/mol. The lowest BCUT2D eigenvalue weighted by Crippen LogP contribution is -2.29. The van der Waals surface area contributed by atoms with Crippen LogP contribution in [0.5, 0.6) is 11.5 Å². The molecule has 2 aromatic rings. The van der Waals surface area contributed by atoms with Crippen molar-refractivity contribution in [1.29, 1.82) is 0 Å². The van der Waals surface area contributed by atoms with Gasteiger partial charge in [0, 0.05) is 44.4 Å². The third-order valence-electron chi connectivity index (χ3n) is 5.18. The van der Waals surface area contributed by atoms with E-state index in [2.05, 4.69) is 4.98 Å². The highest BCUT2D eigenvalue weighted by Crippen LogP contribution is 2.39. The molecule has 0 radical (unpaired) electrons. The van der Waals surface area contributed by atoms with Crippen LogP contribution >= 0.6 is 0 Å². The fourth-order valence-corrected chi connectivity index (χ4v) is 3.73. The number of hydrogen-bond acceptors (Lipinski definition) is 5. The zero-order chi connectivity index (χ0) is 18.8. The molecule has 1 N–H and O–H groups in total. The SMILES string of the molecule is O=C(O)[C@@H]1CN(C(=O)CCCn2ccnc2)C[C@H]1c1ccc2c(c1)OCO2. The zero-order valence-electron chi connectivity index (χ0n) is 14.8. The van der Waals surface area contributed by atoms with E-state index in [1.165, 1.54) is 0 Å². The summed E-state index contributed by atoms with van der Waals surface area (Å²) < 4.78 is 12.6. The van der Waals surface area contributed by atoms with Gasteiger partial charge in [0.2, 0.25) is 12.7 Å². The van der Waals surface area contributed by atoms with Gasteiger partial charge < -0.3 is 24.0 Å². The average Bonchev–Trinajstić information content (AvgIpc) is 3.40. The number of benzene rings is 1. The first kappa shape index (κ1) is 17.4. The molecule has 0 spiro atoms. The van der Waals surface area contributed by atoms with Gasteiger partial charge in [-0.15, -0.1) is 0 Å². The molecule has 1 fully saturated rings. The van der Waals surface area contributed by atoms with Crippen molar-refractivity contribution in [1.82, 2.24) is 14.5 Å². The summed E-state index contributed by atoms with van der Waals surface area (Å²) in [5.41, 5.74) is 0.861. The number of aliphatic carboxylic acids is 1. The minimum atomic E-state index is -0.883. The second-order valence-electron chi connectivity index (χ2n) is 6.87. The highest BCUT2D eigenvalue weighted by molar-refractivity contribution is 5.79. The van der Waals surface area contributed by atoms with Crippen LogP contribution in [-0.2, 0) is 16.1 Å².